The molecular weight excluding hydrogens is 494 g/mol. The molecule has 4 aromatic rings. The number of aryl methyl sites for hydroxylation is 1. The van der Waals surface area contributed by atoms with E-state index in [9.17, 15) is 4.79 Å². The van der Waals surface area contributed by atoms with E-state index in [1.165, 1.54) is 6.42 Å². The predicted octanol–water partition coefficient (Wildman–Crippen LogP) is 2.86. The fourth-order valence-corrected chi connectivity index (χ4v) is 5.99. The van der Waals surface area contributed by atoms with Gasteiger partial charge in [-0.1, -0.05) is 12.1 Å². The molecule has 39 heavy (non-hydrogen) atoms. The lowest BCUT2D eigenvalue weighted by atomic mass is 9.98. The Bertz CT molecular complexity index is 1560. The molecular formula is C28H33N9O2. The van der Waals surface area contributed by atoms with Gasteiger partial charge in [-0.3, -0.25) is 4.79 Å². The fourth-order valence-electron chi connectivity index (χ4n) is 5.99. The molecule has 1 unspecified atom stereocenters. The molecule has 202 valence electrons. The van der Waals surface area contributed by atoms with Crippen molar-refractivity contribution in [1.82, 2.24) is 24.6 Å². The molecule has 0 saturated carbocycles. The number of fused-ring (bicyclic) bond motifs is 2. The summed E-state index contributed by atoms with van der Waals surface area (Å²) < 4.78 is 7.62. The summed E-state index contributed by atoms with van der Waals surface area (Å²) in [7, 11) is 0. The van der Waals surface area contributed by atoms with Gasteiger partial charge in [0, 0.05) is 50.2 Å². The Morgan fingerprint density at radius 1 is 0.974 bits per heavy atom. The van der Waals surface area contributed by atoms with Crippen molar-refractivity contribution in [3.63, 3.8) is 0 Å². The van der Waals surface area contributed by atoms with E-state index >= 15 is 0 Å². The Kier molecular flexibility index (Phi) is 5.95. The molecule has 0 aliphatic carbocycles. The zero-order valence-electron chi connectivity index (χ0n) is 22.2. The number of anilines is 3. The molecule has 0 bridgehead atoms. The van der Waals surface area contributed by atoms with Crippen LogP contribution in [0.4, 0.5) is 17.5 Å². The van der Waals surface area contributed by atoms with Crippen LogP contribution in [-0.2, 0) is 4.74 Å². The first kappa shape index (κ1) is 24.1. The molecule has 3 fully saturated rings. The largest absolute Gasteiger partial charge is 0.378 e. The van der Waals surface area contributed by atoms with E-state index in [0.29, 0.717) is 13.2 Å². The van der Waals surface area contributed by atoms with E-state index in [0.717, 1.165) is 97.2 Å². The summed E-state index contributed by atoms with van der Waals surface area (Å²) >= 11 is 0. The van der Waals surface area contributed by atoms with E-state index in [1.54, 1.807) is 0 Å². The van der Waals surface area contributed by atoms with Gasteiger partial charge in [-0.2, -0.15) is 9.61 Å². The molecule has 0 spiro atoms. The second-order valence-electron chi connectivity index (χ2n) is 10.7. The van der Waals surface area contributed by atoms with Gasteiger partial charge in [0.15, 0.2) is 5.65 Å². The number of hydrogen-bond acceptors (Lipinski definition) is 9. The summed E-state index contributed by atoms with van der Waals surface area (Å²) in [5.41, 5.74) is 9.25. The lowest BCUT2D eigenvalue weighted by Crippen LogP contribution is -2.40. The second kappa shape index (κ2) is 9.64. The van der Waals surface area contributed by atoms with E-state index in [1.807, 2.05) is 16.6 Å². The van der Waals surface area contributed by atoms with Crippen LogP contribution in [0.5, 0.6) is 0 Å². The molecule has 3 aromatic heterocycles. The number of nitrogens with zero attached hydrogens (tertiary/aromatic N) is 8. The highest BCUT2D eigenvalue weighted by atomic mass is 16.5. The van der Waals surface area contributed by atoms with Gasteiger partial charge in [0.05, 0.1) is 30.5 Å². The minimum atomic E-state index is -0.626. The van der Waals surface area contributed by atoms with Crippen molar-refractivity contribution in [3.05, 3.63) is 47.4 Å². The number of rotatable bonds is 5. The molecule has 3 saturated heterocycles. The number of aromatic nitrogens is 5. The summed E-state index contributed by atoms with van der Waals surface area (Å²) in [6.07, 6.45) is 4.24. The van der Waals surface area contributed by atoms with Crippen molar-refractivity contribution in [2.45, 2.75) is 38.6 Å². The zero-order chi connectivity index (χ0) is 26.5. The van der Waals surface area contributed by atoms with Crippen LogP contribution in [0.3, 0.4) is 0 Å². The minimum Gasteiger partial charge on any atom is -0.378 e. The fraction of sp³-hybridized carbons (Fsp3) is 0.464. The van der Waals surface area contributed by atoms with Crippen LogP contribution in [0, 0.1) is 6.92 Å². The maximum absolute atomic E-state index is 12.2. The summed E-state index contributed by atoms with van der Waals surface area (Å²) in [4.78, 5) is 33.4. The summed E-state index contributed by atoms with van der Waals surface area (Å²) in [6.45, 7) is 7.98. The average Bonchev–Trinajstić information content (AvgIpc) is 3.36. The molecule has 2 N–H and O–H groups in total. The van der Waals surface area contributed by atoms with Crippen LogP contribution in [0.2, 0.25) is 0 Å². The van der Waals surface area contributed by atoms with E-state index < -0.39 is 5.91 Å². The Labute approximate surface area is 226 Å². The third-order valence-corrected chi connectivity index (χ3v) is 8.18. The molecule has 6 heterocycles. The first-order valence-electron chi connectivity index (χ1n) is 13.9. The highest BCUT2D eigenvalue weighted by Crippen LogP contribution is 2.38. The van der Waals surface area contributed by atoms with E-state index in [-0.39, 0.29) is 11.9 Å². The molecule has 3 aliphatic rings. The van der Waals surface area contributed by atoms with Gasteiger partial charge in [0.1, 0.15) is 17.5 Å². The average molecular weight is 528 g/mol. The number of morpholine rings is 1. The number of hydrogen-bond donors (Lipinski definition) is 1. The number of carbonyl (C=O) groups excluding carboxylic acids is 1. The molecule has 1 atom stereocenters. The smallest absolute Gasteiger partial charge is 0.286 e. The van der Waals surface area contributed by atoms with Gasteiger partial charge in [-0.05, 0) is 44.2 Å². The Hall–Kier alpha value is -3.99. The summed E-state index contributed by atoms with van der Waals surface area (Å²) in [5.74, 6) is 2.22. The number of primary amides is 1. The van der Waals surface area contributed by atoms with Crippen molar-refractivity contribution in [2.24, 2.45) is 5.73 Å². The van der Waals surface area contributed by atoms with Gasteiger partial charge in [-0.15, -0.1) is 0 Å². The van der Waals surface area contributed by atoms with Crippen LogP contribution in [-0.4, -0.2) is 76.4 Å². The number of piperidine rings is 1. The first-order valence-corrected chi connectivity index (χ1v) is 13.9. The molecule has 0 radical (unpaired) electrons. The molecule has 7 rings (SSSR count). The first-order chi connectivity index (χ1) is 19.1. The Morgan fingerprint density at radius 2 is 1.82 bits per heavy atom. The number of carbonyl (C=O) groups is 1. The normalized spacial score (nSPS) is 20.0. The maximum Gasteiger partial charge on any atom is 0.286 e. The minimum absolute atomic E-state index is 0.0103. The van der Waals surface area contributed by atoms with Gasteiger partial charge >= 0.3 is 0 Å². The lowest BCUT2D eigenvalue weighted by Gasteiger charge is -2.36. The third kappa shape index (κ3) is 4.21. The standard InChI is InChI=1S/C28H33N9O2/c1-18-6-4-7-19-25(18)28(32-27(30-19)26(29)38)36-11-3-2-8-21(36)20-16-23-31-22(34-9-5-10-34)17-24(37(23)33-20)35-12-14-39-15-13-35/h4,6-7,16-17,21H,2-3,5,8-15H2,1H3,(H2,29,38). The van der Waals surface area contributed by atoms with Crippen LogP contribution in [0.1, 0.15) is 53.6 Å². The van der Waals surface area contributed by atoms with Crippen molar-refractivity contribution in [3.8, 4) is 0 Å². The molecule has 11 nitrogen and oxygen atoms in total. The highest BCUT2D eigenvalue weighted by molar-refractivity contribution is 5.97. The van der Waals surface area contributed by atoms with Gasteiger partial charge in [0.2, 0.25) is 5.82 Å². The van der Waals surface area contributed by atoms with Gasteiger partial charge < -0.3 is 25.2 Å². The predicted molar refractivity (Wildman–Crippen MR) is 150 cm³/mol. The Balaban J connectivity index is 1.36. The number of benzene rings is 1. The van der Waals surface area contributed by atoms with Crippen LogP contribution in [0.25, 0.3) is 16.6 Å². The Morgan fingerprint density at radius 3 is 2.59 bits per heavy atom. The lowest BCUT2D eigenvalue weighted by molar-refractivity contribution is 0.0990. The van der Waals surface area contributed by atoms with Crippen molar-refractivity contribution in [1.29, 1.82) is 0 Å². The van der Waals surface area contributed by atoms with Crippen molar-refractivity contribution < 1.29 is 9.53 Å². The van der Waals surface area contributed by atoms with Crippen LogP contribution >= 0.6 is 0 Å². The van der Waals surface area contributed by atoms with E-state index in [2.05, 4.69) is 44.8 Å². The number of ether oxygens (including phenoxy) is 1. The van der Waals surface area contributed by atoms with Crippen molar-refractivity contribution >= 4 is 39.9 Å². The van der Waals surface area contributed by atoms with E-state index in [4.69, 9.17) is 25.5 Å². The van der Waals surface area contributed by atoms with Crippen molar-refractivity contribution in [2.75, 3.05) is 60.6 Å². The molecule has 11 heteroatoms. The zero-order valence-corrected chi connectivity index (χ0v) is 22.2. The maximum atomic E-state index is 12.2. The topological polar surface area (TPSA) is 118 Å². The van der Waals surface area contributed by atoms with Gasteiger partial charge in [0.25, 0.3) is 5.91 Å². The number of nitrogens with two attached hydrogens (primary N) is 1. The third-order valence-electron chi connectivity index (χ3n) is 8.18. The van der Waals surface area contributed by atoms with Crippen LogP contribution in [0.15, 0.2) is 30.3 Å². The highest BCUT2D eigenvalue weighted by Gasteiger charge is 2.31. The second-order valence-corrected chi connectivity index (χ2v) is 10.7. The summed E-state index contributed by atoms with van der Waals surface area (Å²) in [6, 6.07) is 10.2. The summed E-state index contributed by atoms with van der Waals surface area (Å²) in [5, 5.41) is 6.12. The SMILES string of the molecule is Cc1cccc2nc(C(N)=O)nc(N3CCCCC3c3cc4nc(N5CCC5)cc(N5CCOCC5)n4n3)c12. The number of amides is 1. The molecule has 1 amide bonds. The van der Waals surface area contributed by atoms with Gasteiger partial charge in [-0.25, -0.2) is 15.0 Å². The quantitative estimate of drug-likeness (QED) is 0.418. The molecule has 3 aliphatic heterocycles. The van der Waals surface area contributed by atoms with Crippen LogP contribution < -0.4 is 20.4 Å². The molecule has 1 aromatic carbocycles. The monoisotopic (exact) mass is 527 g/mol.